The molecule has 0 bridgehead atoms. The van der Waals surface area contributed by atoms with Crippen LogP contribution in [0.4, 0.5) is 0 Å². The van der Waals surface area contributed by atoms with E-state index in [1.807, 2.05) is 0 Å². The summed E-state index contributed by atoms with van der Waals surface area (Å²) >= 11 is 0. The molecule has 0 unspecified atom stereocenters. The molecule has 10 heteroatoms. The first-order chi connectivity index (χ1) is 8.75. The first kappa shape index (κ1) is 37.8. The zero-order valence-corrected chi connectivity index (χ0v) is 17.5. The molecule has 0 aromatic carbocycles. The van der Waals surface area contributed by atoms with E-state index in [9.17, 15) is 19.8 Å². The van der Waals surface area contributed by atoms with E-state index in [1.165, 1.54) is 0 Å². The smallest absolute Gasteiger partial charge is 0.550 e. The van der Waals surface area contributed by atoms with Crippen molar-refractivity contribution in [2.45, 2.75) is 41.5 Å². The number of hydrogen-bond acceptors (Lipinski definition) is 8. The maximum absolute atomic E-state index is 9.59. The molecule has 0 heterocycles. The van der Waals surface area contributed by atoms with Gasteiger partial charge in [0, 0.05) is 23.9 Å². The van der Waals surface area contributed by atoms with Crippen molar-refractivity contribution in [3.8, 4) is 0 Å². The molecule has 0 aliphatic carbocycles. The van der Waals surface area contributed by atoms with Crippen LogP contribution in [0, 0.1) is 11.8 Å². The van der Waals surface area contributed by atoms with Crippen molar-refractivity contribution in [1.82, 2.24) is 0 Å². The van der Waals surface area contributed by atoms with E-state index in [0.717, 1.165) is 13.8 Å². The van der Waals surface area contributed by atoms with Crippen LogP contribution < -0.4 is 20.4 Å². The summed E-state index contributed by atoms with van der Waals surface area (Å²) in [5, 5.41) is 37.0. The Labute approximate surface area is 176 Å². The number of rotatable bonds is 2. The third-order valence-corrected chi connectivity index (χ3v) is 0.943. The van der Waals surface area contributed by atoms with Gasteiger partial charge < -0.3 is 39.6 Å². The molecule has 0 N–H and O–H groups in total. The van der Waals surface area contributed by atoms with Gasteiger partial charge in [-0.05, 0) is 25.7 Å². The van der Waals surface area contributed by atoms with E-state index in [0.29, 0.717) is 0 Å². The number of aliphatic carboxylic acids is 4. The molecule has 0 spiro atoms. The molecule has 120 valence electrons. The van der Waals surface area contributed by atoms with E-state index in [2.05, 4.69) is 0 Å². The van der Waals surface area contributed by atoms with Gasteiger partial charge in [0.2, 0.25) is 0 Å². The predicted octanol–water partition coefficient (Wildman–Crippen LogP) is -4.46. The summed E-state index contributed by atoms with van der Waals surface area (Å²) in [5.74, 6) is -4.83. The molecular weight excluding hydrogens is 337 g/mol. The molecule has 0 aliphatic heterocycles. The van der Waals surface area contributed by atoms with Crippen LogP contribution in [0.5, 0.6) is 0 Å². The summed E-state index contributed by atoms with van der Waals surface area (Å²) < 4.78 is 0. The Kier molecular flexibility index (Phi) is 44.4. The van der Waals surface area contributed by atoms with Crippen molar-refractivity contribution in [3.05, 3.63) is 0 Å². The van der Waals surface area contributed by atoms with Crippen molar-refractivity contribution in [3.63, 3.8) is 0 Å². The SMILES string of the molecule is CC(=O)[O-].CC(=O)[O-].CC(C)C(=O)[O-].CC(C)C(=O)[O-].[Ca+2].[Mg+2]. The van der Waals surface area contributed by atoms with E-state index in [-0.39, 0.29) is 72.6 Å². The van der Waals surface area contributed by atoms with Crippen LogP contribution in [0.15, 0.2) is 0 Å². The second-order valence-electron chi connectivity index (χ2n) is 3.93. The number of carboxylic acid groups (broad SMARTS) is 4. The van der Waals surface area contributed by atoms with Crippen LogP contribution in [-0.4, -0.2) is 84.7 Å². The fourth-order valence-electron chi connectivity index (χ4n) is 0. The summed E-state index contributed by atoms with van der Waals surface area (Å²) in [6, 6.07) is 0. The van der Waals surface area contributed by atoms with Gasteiger partial charge in [-0.2, -0.15) is 0 Å². The monoisotopic (exact) mass is 356 g/mol. The maximum Gasteiger partial charge on any atom is 2.00 e. The first-order valence-electron chi connectivity index (χ1n) is 5.52. The molecule has 22 heavy (non-hydrogen) atoms. The van der Waals surface area contributed by atoms with Gasteiger partial charge in [0.1, 0.15) is 0 Å². The molecule has 0 aromatic heterocycles. The normalized spacial score (nSPS) is 7.27. The molecule has 0 fully saturated rings. The Balaban J connectivity index is -0.0000000383. The fourth-order valence-corrected chi connectivity index (χ4v) is 0. The fraction of sp³-hybridized carbons (Fsp3) is 0.667. The minimum absolute atomic E-state index is 0. The minimum Gasteiger partial charge on any atom is -0.550 e. The van der Waals surface area contributed by atoms with Crippen LogP contribution in [0.1, 0.15) is 41.5 Å². The summed E-state index contributed by atoms with van der Waals surface area (Å²) in [5.41, 5.74) is 0. The molecule has 0 atom stereocenters. The summed E-state index contributed by atoms with van der Waals surface area (Å²) in [6.07, 6.45) is 0. The van der Waals surface area contributed by atoms with Crippen LogP contribution in [0.25, 0.3) is 0 Å². The zero-order valence-electron chi connectivity index (χ0n) is 13.8. The number of carbonyl (C=O) groups is 4. The largest absolute Gasteiger partial charge is 2.00 e. The Bertz CT molecular complexity index is 268. The second kappa shape index (κ2) is 25.8. The van der Waals surface area contributed by atoms with Gasteiger partial charge in [-0.25, -0.2) is 0 Å². The van der Waals surface area contributed by atoms with Gasteiger partial charge in [0.15, 0.2) is 0 Å². The molecule has 0 radical (unpaired) electrons. The van der Waals surface area contributed by atoms with Crippen molar-refractivity contribution in [2.75, 3.05) is 0 Å². The van der Waals surface area contributed by atoms with E-state index in [4.69, 9.17) is 19.8 Å². The number of carboxylic acids is 4. The minimum atomic E-state index is -1.08. The Hall–Kier alpha value is -0.0940. The van der Waals surface area contributed by atoms with Crippen molar-refractivity contribution >= 4 is 84.7 Å². The van der Waals surface area contributed by atoms with Crippen LogP contribution in [-0.2, 0) is 19.2 Å². The molecule has 8 nitrogen and oxygen atoms in total. The Morgan fingerprint density at radius 1 is 0.636 bits per heavy atom. The van der Waals surface area contributed by atoms with Crippen LogP contribution in [0.3, 0.4) is 0 Å². The van der Waals surface area contributed by atoms with Crippen molar-refractivity contribution in [2.24, 2.45) is 11.8 Å². The van der Waals surface area contributed by atoms with E-state index < -0.39 is 23.9 Å². The topological polar surface area (TPSA) is 161 Å². The number of hydrogen-bond donors (Lipinski definition) is 0. The summed E-state index contributed by atoms with van der Waals surface area (Å²) in [4.78, 5) is 37.0. The molecule has 0 aromatic rings. The third kappa shape index (κ3) is 114. The average molecular weight is 357 g/mol. The summed E-state index contributed by atoms with van der Waals surface area (Å²) in [7, 11) is 0. The van der Waals surface area contributed by atoms with Gasteiger partial charge in [0.25, 0.3) is 0 Å². The van der Waals surface area contributed by atoms with Gasteiger partial charge in [0.05, 0.1) is 0 Å². The quantitative estimate of drug-likeness (QED) is 0.447. The van der Waals surface area contributed by atoms with Gasteiger partial charge in [-0.1, -0.05) is 27.7 Å². The Morgan fingerprint density at radius 3 is 0.682 bits per heavy atom. The molecule has 0 saturated heterocycles. The van der Waals surface area contributed by atoms with Crippen LogP contribution >= 0.6 is 0 Å². The van der Waals surface area contributed by atoms with E-state index >= 15 is 0 Å². The second-order valence-corrected chi connectivity index (χ2v) is 3.93. The first-order valence-corrected chi connectivity index (χ1v) is 5.52. The molecular formula is C12H20CaMgO8. The molecule has 0 aliphatic rings. The van der Waals surface area contributed by atoms with Crippen LogP contribution in [0.2, 0.25) is 0 Å². The van der Waals surface area contributed by atoms with Gasteiger partial charge >= 0.3 is 60.8 Å². The standard InChI is InChI=1S/2C4H8O2.2C2H4O2.Ca.Mg/c2*1-3(2)4(5)6;2*1-2(3)4;;/h2*3H,1-2H3,(H,5,6);2*1H3,(H,3,4);;/q;;;;2*+2/p-4. The van der Waals surface area contributed by atoms with Crippen molar-refractivity contribution in [1.29, 1.82) is 0 Å². The molecule has 0 saturated carbocycles. The molecule has 0 rings (SSSR count). The zero-order chi connectivity index (χ0) is 17.5. The molecule has 0 amide bonds. The average Bonchev–Trinajstić information content (AvgIpc) is 2.15. The maximum atomic E-state index is 9.59. The third-order valence-electron chi connectivity index (χ3n) is 0.943. The van der Waals surface area contributed by atoms with Crippen molar-refractivity contribution < 1.29 is 39.6 Å². The summed E-state index contributed by atoms with van der Waals surface area (Å²) in [6.45, 7) is 8.26. The predicted molar refractivity (Wildman–Crippen MR) is 72.6 cm³/mol. The number of carbonyl (C=O) groups excluding carboxylic acids is 4. The Morgan fingerprint density at radius 2 is 0.682 bits per heavy atom. The van der Waals surface area contributed by atoms with E-state index in [1.54, 1.807) is 27.7 Å². The van der Waals surface area contributed by atoms with Gasteiger partial charge in [-0.3, -0.25) is 0 Å². The van der Waals surface area contributed by atoms with Gasteiger partial charge in [-0.15, -0.1) is 0 Å².